The average molecular weight is 250 g/mol. The Balaban J connectivity index is 2.49. The molecule has 0 fully saturated rings. The van der Waals surface area contributed by atoms with Crippen molar-refractivity contribution in [3.05, 3.63) is 35.4 Å². The predicted octanol–water partition coefficient (Wildman–Crippen LogP) is 2.09. The van der Waals surface area contributed by atoms with E-state index < -0.39 is 0 Å². The first-order chi connectivity index (χ1) is 8.67. The van der Waals surface area contributed by atoms with Crippen molar-refractivity contribution in [2.24, 2.45) is 0 Å². The molecule has 1 aromatic carbocycles. The van der Waals surface area contributed by atoms with Gasteiger partial charge >= 0.3 is 0 Å². The van der Waals surface area contributed by atoms with Crippen molar-refractivity contribution in [2.75, 3.05) is 40.9 Å². The molecule has 18 heavy (non-hydrogen) atoms. The summed E-state index contributed by atoms with van der Waals surface area (Å²) >= 11 is 0. The normalized spacial score (nSPS) is 12.9. The molecule has 0 aliphatic heterocycles. The third-order valence-corrected chi connectivity index (χ3v) is 3.19. The van der Waals surface area contributed by atoms with Crippen molar-refractivity contribution in [3.8, 4) is 0 Å². The molecule has 0 heterocycles. The summed E-state index contributed by atoms with van der Waals surface area (Å²) in [6.07, 6.45) is 0. The number of nitrogens with one attached hydrogen (secondary N) is 1. The van der Waals surface area contributed by atoms with Crippen LogP contribution in [0.25, 0.3) is 0 Å². The van der Waals surface area contributed by atoms with Gasteiger partial charge in [0.15, 0.2) is 0 Å². The molecule has 102 valence electrons. The minimum atomic E-state index is 0.565. The van der Waals surface area contributed by atoms with Crippen LogP contribution in [0.2, 0.25) is 0 Å². The van der Waals surface area contributed by atoms with Crippen molar-refractivity contribution >= 4 is 0 Å². The maximum Gasteiger partial charge on any atom is 0.0589 e. The van der Waals surface area contributed by atoms with E-state index in [1.54, 1.807) is 7.11 Å². The Morgan fingerprint density at radius 3 is 2.50 bits per heavy atom. The maximum absolute atomic E-state index is 5.08. The summed E-state index contributed by atoms with van der Waals surface area (Å²) in [5, 5.41) is 3.21. The summed E-state index contributed by atoms with van der Waals surface area (Å²) in [6.45, 7) is 6.00. The van der Waals surface area contributed by atoms with Crippen LogP contribution in [0.5, 0.6) is 0 Å². The van der Waals surface area contributed by atoms with Crippen molar-refractivity contribution in [1.29, 1.82) is 0 Å². The molecule has 1 unspecified atom stereocenters. The molecule has 0 bridgehead atoms. The second-order valence-corrected chi connectivity index (χ2v) is 4.93. The highest BCUT2D eigenvalue weighted by Gasteiger charge is 2.05. The SMILES string of the molecule is CNCC(C)c1ccc(CN(C)CCOC)cc1. The number of benzene rings is 1. The Hall–Kier alpha value is -0.900. The Bertz CT molecular complexity index is 324. The molecule has 0 saturated heterocycles. The van der Waals surface area contributed by atoms with E-state index in [1.165, 1.54) is 11.1 Å². The minimum absolute atomic E-state index is 0.565. The molecule has 0 saturated carbocycles. The van der Waals surface area contributed by atoms with Crippen LogP contribution in [-0.2, 0) is 11.3 Å². The van der Waals surface area contributed by atoms with Crippen LogP contribution in [0.1, 0.15) is 24.0 Å². The monoisotopic (exact) mass is 250 g/mol. The van der Waals surface area contributed by atoms with Gasteiger partial charge in [0.05, 0.1) is 6.61 Å². The first kappa shape index (κ1) is 15.2. The molecule has 0 aliphatic carbocycles. The third-order valence-electron chi connectivity index (χ3n) is 3.19. The number of hydrogen-bond acceptors (Lipinski definition) is 3. The number of ether oxygens (including phenoxy) is 1. The zero-order valence-corrected chi connectivity index (χ0v) is 12.1. The summed E-state index contributed by atoms with van der Waals surface area (Å²) in [6, 6.07) is 8.93. The fraction of sp³-hybridized carbons (Fsp3) is 0.600. The van der Waals surface area contributed by atoms with Gasteiger partial charge in [-0.1, -0.05) is 31.2 Å². The number of hydrogen-bond donors (Lipinski definition) is 1. The lowest BCUT2D eigenvalue weighted by Gasteiger charge is -2.17. The lowest BCUT2D eigenvalue weighted by atomic mass is 10.00. The number of rotatable bonds is 8. The lowest BCUT2D eigenvalue weighted by molar-refractivity contribution is 0.158. The van der Waals surface area contributed by atoms with Gasteiger partial charge in [-0.3, -0.25) is 4.90 Å². The molecule has 3 heteroatoms. The van der Waals surface area contributed by atoms with Crippen molar-refractivity contribution in [3.63, 3.8) is 0 Å². The van der Waals surface area contributed by atoms with Crippen molar-refractivity contribution in [2.45, 2.75) is 19.4 Å². The van der Waals surface area contributed by atoms with Gasteiger partial charge in [0.2, 0.25) is 0 Å². The van der Waals surface area contributed by atoms with E-state index in [2.05, 4.69) is 48.5 Å². The zero-order chi connectivity index (χ0) is 13.4. The average Bonchev–Trinajstić information content (AvgIpc) is 2.37. The van der Waals surface area contributed by atoms with Crippen LogP contribution in [-0.4, -0.2) is 45.8 Å². The fourth-order valence-electron chi connectivity index (χ4n) is 2.01. The first-order valence-electron chi connectivity index (χ1n) is 6.58. The summed E-state index contributed by atoms with van der Waals surface area (Å²) in [4.78, 5) is 2.27. The molecule has 0 aromatic heterocycles. The van der Waals surface area contributed by atoms with E-state index in [1.807, 2.05) is 7.05 Å². The molecular weight excluding hydrogens is 224 g/mol. The third kappa shape index (κ3) is 5.17. The smallest absolute Gasteiger partial charge is 0.0589 e. The van der Waals surface area contributed by atoms with Crippen LogP contribution in [0.4, 0.5) is 0 Å². The Morgan fingerprint density at radius 2 is 1.94 bits per heavy atom. The van der Waals surface area contributed by atoms with E-state index in [4.69, 9.17) is 4.74 Å². The zero-order valence-electron chi connectivity index (χ0n) is 12.1. The molecule has 0 spiro atoms. The van der Waals surface area contributed by atoms with Gasteiger partial charge in [0.25, 0.3) is 0 Å². The molecular formula is C15H26N2O. The Kier molecular flexibility index (Phi) is 6.94. The highest BCUT2D eigenvalue weighted by Crippen LogP contribution is 2.15. The van der Waals surface area contributed by atoms with E-state index in [-0.39, 0.29) is 0 Å². The second kappa shape index (κ2) is 8.25. The maximum atomic E-state index is 5.08. The van der Waals surface area contributed by atoms with E-state index in [0.717, 1.165) is 26.2 Å². The molecule has 0 radical (unpaired) electrons. The largest absolute Gasteiger partial charge is 0.383 e. The minimum Gasteiger partial charge on any atom is -0.383 e. The Labute approximate surface area is 111 Å². The van der Waals surface area contributed by atoms with Crippen molar-refractivity contribution in [1.82, 2.24) is 10.2 Å². The molecule has 0 amide bonds. The lowest BCUT2D eigenvalue weighted by Crippen LogP contribution is -2.22. The van der Waals surface area contributed by atoms with E-state index in [9.17, 15) is 0 Å². The standard InChI is InChI=1S/C15H26N2O/c1-13(11-16-2)15-7-5-14(6-8-15)12-17(3)9-10-18-4/h5-8,13,16H,9-12H2,1-4H3. The summed E-state index contributed by atoms with van der Waals surface area (Å²) in [7, 11) is 5.86. The van der Waals surface area contributed by atoms with E-state index >= 15 is 0 Å². The van der Waals surface area contributed by atoms with E-state index in [0.29, 0.717) is 5.92 Å². The van der Waals surface area contributed by atoms with Crippen LogP contribution >= 0.6 is 0 Å². The van der Waals surface area contributed by atoms with Gasteiger partial charge in [-0.2, -0.15) is 0 Å². The Morgan fingerprint density at radius 1 is 1.28 bits per heavy atom. The molecule has 1 N–H and O–H groups in total. The highest BCUT2D eigenvalue weighted by atomic mass is 16.5. The molecule has 1 rings (SSSR count). The molecule has 1 aromatic rings. The molecule has 0 aliphatic rings. The number of nitrogens with zero attached hydrogens (tertiary/aromatic N) is 1. The summed E-state index contributed by atoms with van der Waals surface area (Å²) < 4.78 is 5.08. The summed E-state index contributed by atoms with van der Waals surface area (Å²) in [5.74, 6) is 0.565. The van der Waals surface area contributed by atoms with Crippen LogP contribution in [0.15, 0.2) is 24.3 Å². The van der Waals surface area contributed by atoms with Crippen LogP contribution < -0.4 is 5.32 Å². The van der Waals surface area contributed by atoms with Crippen molar-refractivity contribution < 1.29 is 4.74 Å². The van der Waals surface area contributed by atoms with Gasteiger partial charge in [0.1, 0.15) is 0 Å². The van der Waals surface area contributed by atoms with Gasteiger partial charge in [-0.15, -0.1) is 0 Å². The number of likely N-dealkylation sites (N-methyl/N-ethyl adjacent to an activating group) is 2. The fourth-order valence-corrected chi connectivity index (χ4v) is 2.01. The van der Waals surface area contributed by atoms with Gasteiger partial charge in [0, 0.05) is 26.7 Å². The van der Waals surface area contributed by atoms with Gasteiger partial charge in [-0.25, -0.2) is 0 Å². The van der Waals surface area contributed by atoms with Crippen LogP contribution in [0, 0.1) is 0 Å². The number of methoxy groups -OCH3 is 1. The quantitative estimate of drug-likeness (QED) is 0.764. The summed E-state index contributed by atoms with van der Waals surface area (Å²) in [5.41, 5.74) is 2.75. The van der Waals surface area contributed by atoms with Gasteiger partial charge < -0.3 is 10.1 Å². The molecule has 3 nitrogen and oxygen atoms in total. The van der Waals surface area contributed by atoms with Crippen LogP contribution in [0.3, 0.4) is 0 Å². The molecule has 1 atom stereocenters. The predicted molar refractivity (Wildman–Crippen MR) is 77.0 cm³/mol. The first-order valence-corrected chi connectivity index (χ1v) is 6.58. The second-order valence-electron chi connectivity index (χ2n) is 4.93. The van der Waals surface area contributed by atoms with Gasteiger partial charge in [-0.05, 0) is 31.1 Å². The topological polar surface area (TPSA) is 24.5 Å². The highest BCUT2D eigenvalue weighted by molar-refractivity contribution is 5.25.